The molecule has 2 atom stereocenters. The molecule has 2 aromatic rings. The van der Waals surface area contributed by atoms with Crippen LogP contribution in [0, 0.1) is 0 Å². The summed E-state index contributed by atoms with van der Waals surface area (Å²) in [5.74, 6) is 0.974. The molecule has 0 bridgehead atoms. The lowest BCUT2D eigenvalue weighted by Crippen LogP contribution is -2.64. The Hall–Kier alpha value is -2.48. The second-order valence-corrected chi connectivity index (χ2v) is 8.11. The first-order valence-corrected chi connectivity index (χ1v) is 10.9. The smallest absolute Gasteiger partial charge is 0.255 e. The molecule has 0 spiro atoms. The van der Waals surface area contributed by atoms with E-state index in [1.165, 1.54) is 5.56 Å². The molecule has 2 aliphatic rings. The Bertz CT molecular complexity index is 855. The Balaban J connectivity index is 1.38. The van der Waals surface area contributed by atoms with E-state index in [-0.39, 0.29) is 18.0 Å². The molecule has 7 nitrogen and oxygen atoms in total. The van der Waals surface area contributed by atoms with E-state index in [0.29, 0.717) is 13.2 Å². The van der Waals surface area contributed by atoms with E-state index in [1.54, 1.807) is 26.6 Å². The Morgan fingerprint density at radius 2 is 1.84 bits per heavy atom. The van der Waals surface area contributed by atoms with Crippen molar-refractivity contribution >= 4 is 5.91 Å². The Labute approximate surface area is 183 Å². The molecule has 7 heteroatoms. The van der Waals surface area contributed by atoms with Gasteiger partial charge in [0.25, 0.3) is 5.91 Å². The number of hydrogen-bond donors (Lipinski definition) is 0. The summed E-state index contributed by atoms with van der Waals surface area (Å²) in [5.41, 5.74) is 2.33. The first kappa shape index (κ1) is 21.7. The van der Waals surface area contributed by atoms with Gasteiger partial charge in [0.15, 0.2) is 6.10 Å². The van der Waals surface area contributed by atoms with Crippen LogP contribution in [0.5, 0.6) is 5.75 Å². The maximum Gasteiger partial charge on any atom is 0.255 e. The van der Waals surface area contributed by atoms with Gasteiger partial charge in [0.1, 0.15) is 5.75 Å². The van der Waals surface area contributed by atoms with Crippen molar-refractivity contribution in [2.24, 2.45) is 0 Å². The van der Waals surface area contributed by atoms with Crippen LogP contribution in [0.15, 0.2) is 48.8 Å². The minimum Gasteiger partial charge on any atom is -0.497 e. The lowest BCUT2D eigenvalue weighted by atomic mass is 9.86. The van der Waals surface area contributed by atoms with Gasteiger partial charge in [-0.1, -0.05) is 12.1 Å². The molecule has 1 aromatic carbocycles. The lowest BCUT2D eigenvalue weighted by Gasteiger charge is -2.52. The summed E-state index contributed by atoms with van der Waals surface area (Å²) < 4.78 is 16.3. The zero-order chi connectivity index (χ0) is 21.6. The number of rotatable bonds is 9. The van der Waals surface area contributed by atoms with Crippen LogP contribution in [0.3, 0.4) is 0 Å². The summed E-state index contributed by atoms with van der Waals surface area (Å²) in [4.78, 5) is 21.6. The number of β-lactam (4-membered cyclic amide) rings is 1. The van der Waals surface area contributed by atoms with Gasteiger partial charge in [0, 0.05) is 45.2 Å². The summed E-state index contributed by atoms with van der Waals surface area (Å²) >= 11 is 0. The van der Waals surface area contributed by atoms with E-state index in [1.807, 2.05) is 29.2 Å². The number of aromatic nitrogens is 1. The number of hydrogen-bond acceptors (Lipinski definition) is 6. The molecule has 4 rings (SSSR count). The highest BCUT2D eigenvalue weighted by Crippen LogP contribution is 2.40. The zero-order valence-electron chi connectivity index (χ0n) is 18.3. The molecule has 0 unspecified atom stereocenters. The second-order valence-electron chi connectivity index (χ2n) is 8.11. The molecule has 166 valence electrons. The van der Waals surface area contributed by atoms with Gasteiger partial charge in [-0.2, -0.15) is 0 Å². The van der Waals surface area contributed by atoms with Crippen molar-refractivity contribution in [1.29, 1.82) is 0 Å². The van der Waals surface area contributed by atoms with Gasteiger partial charge in [-0.25, -0.2) is 0 Å². The van der Waals surface area contributed by atoms with Crippen LogP contribution in [0.1, 0.15) is 30.0 Å². The fourth-order valence-corrected chi connectivity index (χ4v) is 4.59. The number of ether oxygens (including phenoxy) is 3. The highest BCUT2D eigenvalue weighted by molar-refractivity contribution is 5.89. The molecule has 0 aliphatic carbocycles. The highest BCUT2D eigenvalue weighted by Gasteiger charge is 2.52. The number of carbonyl (C=O) groups excluding carboxylic acids is 1. The monoisotopic (exact) mass is 425 g/mol. The van der Waals surface area contributed by atoms with Crippen molar-refractivity contribution < 1.29 is 19.0 Å². The average Bonchev–Trinajstić information content (AvgIpc) is 2.81. The molecule has 0 N–H and O–H groups in total. The molecule has 1 amide bonds. The van der Waals surface area contributed by atoms with Crippen LogP contribution in [-0.4, -0.2) is 73.4 Å². The van der Waals surface area contributed by atoms with Crippen molar-refractivity contribution in [1.82, 2.24) is 14.8 Å². The maximum atomic E-state index is 13.0. The van der Waals surface area contributed by atoms with E-state index in [9.17, 15) is 4.79 Å². The van der Waals surface area contributed by atoms with Crippen LogP contribution in [-0.2, 0) is 20.8 Å². The van der Waals surface area contributed by atoms with Gasteiger partial charge in [0.2, 0.25) is 0 Å². The third-order valence-corrected chi connectivity index (χ3v) is 6.21. The topological polar surface area (TPSA) is 64.1 Å². The van der Waals surface area contributed by atoms with Crippen molar-refractivity contribution in [3.8, 4) is 5.75 Å². The van der Waals surface area contributed by atoms with Gasteiger partial charge >= 0.3 is 0 Å². The Morgan fingerprint density at radius 1 is 1.06 bits per heavy atom. The standard InChI is InChI=1S/C24H31N3O4/c1-29-14-15-31-23-22(19-6-10-25-11-7-19)27(24(23)28)20-8-12-26(13-9-20)17-18-4-3-5-21(16-18)30-2/h3-7,10-11,16,20,22-23H,8-9,12-15,17H2,1-2H3/t22-,23+/m0/s1. The Kier molecular flexibility index (Phi) is 7.17. The number of pyridine rings is 1. The molecular formula is C24H31N3O4. The number of likely N-dealkylation sites (tertiary alicyclic amines) is 2. The van der Waals surface area contributed by atoms with Crippen molar-refractivity contribution in [2.45, 2.75) is 37.6 Å². The Morgan fingerprint density at radius 3 is 2.55 bits per heavy atom. The number of amides is 1. The molecule has 0 radical (unpaired) electrons. The van der Waals surface area contributed by atoms with Crippen LogP contribution in [0.2, 0.25) is 0 Å². The largest absolute Gasteiger partial charge is 0.497 e. The van der Waals surface area contributed by atoms with E-state index < -0.39 is 6.10 Å². The average molecular weight is 426 g/mol. The first-order valence-electron chi connectivity index (χ1n) is 10.9. The molecular weight excluding hydrogens is 394 g/mol. The van der Waals surface area contributed by atoms with Gasteiger partial charge in [-0.3, -0.25) is 14.7 Å². The zero-order valence-corrected chi connectivity index (χ0v) is 18.3. The molecule has 2 aliphatic heterocycles. The summed E-state index contributed by atoms with van der Waals surface area (Å²) in [7, 11) is 3.33. The van der Waals surface area contributed by atoms with Crippen LogP contribution in [0.25, 0.3) is 0 Å². The summed E-state index contributed by atoms with van der Waals surface area (Å²) in [6.07, 6.45) is 5.04. The third-order valence-electron chi connectivity index (χ3n) is 6.21. The maximum absolute atomic E-state index is 13.0. The van der Waals surface area contributed by atoms with Gasteiger partial charge in [-0.15, -0.1) is 0 Å². The minimum absolute atomic E-state index is 0.0534. The predicted molar refractivity (Wildman–Crippen MR) is 117 cm³/mol. The molecule has 31 heavy (non-hydrogen) atoms. The molecule has 2 fully saturated rings. The van der Waals surface area contributed by atoms with Crippen molar-refractivity contribution in [3.05, 3.63) is 59.9 Å². The highest BCUT2D eigenvalue weighted by atomic mass is 16.5. The van der Waals surface area contributed by atoms with Crippen molar-refractivity contribution in [3.63, 3.8) is 0 Å². The summed E-state index contributed by atoms with van der Waals surface area (Å²) in [6, 6.07) is 12.4. The van der Waals surface area contributed by atoms with Gasteiger partial charge < -0.3 is 19.1 Å². The van der Waals surface area contributed by atoms with E-state index in [0.717, 1.165) is 43.8 Å². The third kappa shape index (κ3) is 4.89. The SMILES string of the molecule is COCCO[C@H]1C(=O)N(C2CCN(Cc3cccc(OC)c3)CC2)[C@H]1c1ccncc1. The van der Waals surface area contributed by atoms with Crippen LogP contribution >= 0.6 is 0 Å². The number of methoxy groups -OCH3 is 2. The quantitative estimate of drug-likeness (QED) is 0.455. The van der Waals surface area contributed by atoms with Crippen molar-refractivity contribution in [2.75, 3.05) is 40.5 Å². The molecule has 1 aromatic heterocycles. The van der Waals surface area contributed by atoms with E-state index in [4.69, 9.17) is 14.2 Å². The second kappa shape index (κ2) is 10.2. The first-order chi connectivity index (χ1) is 15.2. The van der Waals surface area contributed by atoms with Crippen LogP contribution < -0.4 is 4.74 Å². The van der Waals surface area contributed by atoms with E-state index in [2.05, 4.69) is 22.0 Å². The molecule has 0 saturated carbocycles. The molecule has 3 heterocycles. The number of carbonyl (C=O) groups is 1. The number of benzene rings is 1. The molecule has 2 saturated heterocycles. The minimum atomic E-state index is -0.438. The lowest BCUT2D eigenvalue weighted by molar-refractivity contribution is -0.184. The fourth-order valence-electron chi connectivity index (χ4n) is 4.59. The van der Waals surface area contributed by atoms with Gasteiger partial charge in [0.05, 0.1) is 26.4 Å². The summed E-state index contributed by atoms with van der Waals surface area (Å²) in [5, 5.41) is 0. The normalized spacial score (nSPS) is 22.4. The number of piperidine rings is 1. The van der Waals surface area contributed by atoms with Crippen LogP contribution in [0.4, 0.5) is 0 Å². The summed E-state index contributed by atoms with van der Waals surface area (Å²) in [6.45, 7) is 3.72. The van der Waals surface area contributed by atoms with E-state index >= 15 is 0 Å². The number of nitrogens with zero attached hydrogens (tertiary/aromatic N) is 3. The fraction of sp³-hybridized carbons (Fsp3) is 0.500. The predicted octanol–water partition coefficient (Wildman–Crippen LogP) is 2.67. The van der Waals surface area contributed by atoms with Gasteiger partial charge in [-0.05, 0) is 48.2 Å².